The summed E-state index contributed by atoms with van der Waals surface area (Å²) < 4.78 is 5.72. The third kappa shape index (κ3) is 3.04. The second-order valence-corrected chi connectivity index (χ2v) is 5.25. The Kier molecular flexibility index (Phi) is 4.83. The maximum Gasteiger partial charge on any atom is 0.229 e. The van der Waals surface area contributed by atoms with Crippen LogP contribution in [0.5, 0.6) is 0 Å². The van der Waals surface area contributed by atoms with Gasteiger partial charge in [-0.25, -0.2) is 0 Å². The van der Waals surface area contributed by atoms with Crippen LogP contribution in [0.25, 0.3) is 0 Å². The van der Waals surface area contributed by atoms with E-state index in [-0.39, 0.29) is 30.5 Å². The number of ether oxygens (including phenoxy) is 1. The number of halogens is 1. The van der Waals surface area contributed by atoms with Gasteiger partial charge in [-0.3, -0.25) is 9.78 Å². The van der Waals surface area contributed by atoms with Crippen LogP contribution in [0.4, 0.5) is 5.69 Å². The minimum absolute atomic E-state index is 0. The van der Waals surface area contributed by atoms with Crippen molar-refractivity contribution in [2.75, 3.05) is 18.9 Å². The molecule has 2 heterocycles. The number of aromatic nitrogens is 1. The molecule has 5 nitrogen and oxygen atoms in total. The lowest BCUT2D eigenvalue weighted by molar-refractivity contribution is -0.143. The molecule has 1 aliphatic heterocycles. The molecule has 1 amide bonds. The van der Waals surface area contributed by atoms with Crippen LogP contribution in [0.3, 0.4) is 0 Å². The van der Waals surface area contributed by atoms with E-state index in [1.54, 1.807) is 12.3 Å². The molecule has 0 spiro atoms. The molecule has 0 aromatic carbocycles. The van der Waals surface area contributed by atoms with Crippen molar-refractivity contribution in [3.8, 4) is 0 Å². The van der Waals surface area contributed by atoms with Gasteiger partial charge in [0, 0.05) is 12.2 Å². The van der Waals surface area contributed by atoms with Gasteiger partial charge in [-0.15, -0.1) is 12.4 Å². The number of anilines is 1. The monoisotopic (exact) mass is 297 g/mol. The fraction of sp³-hybridized carbons (Fsp3) is 0.571. The van der Waals surface area contributed by atoms with Gasteiger partial charge in [-0.2, -0.15) is 0 Å². The molecule has 2 fully saturated rings. The highest BCUT2D eigenvalue weighted by Crippen LogP contribution is 2.29. The molecule has 1 saturated heterocycles. The molecular formula is C14H20ClN3O2. The smallest absolute Gasteiger partial charge is 0.229 e. The van der Waals surface area contributed by atoms with Gasteiger partial charge in [-0.05, 0) is 31.4 Å². The Morgan fingerprint density at radius 3 is 3.05 bits per heavy atom. The third-order valence-electron chi connectivity index (χ3n) is 3.98. The Bertz CT molecular complexity index is 466. The number of hydrogen-bond donors (Lipinski definition) is 1. The minimum Gasteiger partial charge on any atom is -0.397 e. The summed E-state index contributed by atoms with van der Waals surface area (Å²) >= 11 is 0. The van der Waals surface area contributed by atoms with Crippen LogP contribution in [0.1, 0.15) is 25.0 Å². The summed E-state index contributed by atoms with van der Waals surface area (Å²) in [5.41, 5.74) is 7.00. The molecule has 2 aliphatic rings. The van der Waals surface area contributed by atoms with E-state index in [1.165, 1.54) is 0 Å². The molecular weight excluding hydrogens is 278 g/mol. The zero-order valence-electron chi connectivity index (χ0n) is 11.3. The van der Waals surface area contributed by atoms with E-state index >= 15 is 0 Å². The predicted octanol–water partition coefficient (Wildman–Crippen LogP) is 1.41. The van der Waals surface area contributed by atoms with Gasteiger partial charge >= 0.3 is 0 Å². The number of carbonyl (C=O) groups is 1. The summed E-state index contributed by atoms with van der Waals surface area (Å²) in [5, 5.41) is 0. The average molecular weight is 298 g/mol. The molecule has 1 aromatic rings. The Balaban J connectivity index is 0.00000147. The molecule has 2 unspecified atom stereocenters. The number of amides is 1. The van der Waals surface area contributed by atoms with Crippen LogP contribution >= 0.6 is 12.4 Å². The molecule has 3 rings (SSSR count). The van der Waals surface area contributed by atoms with Gasteiger partial charge in [0.05, 0.1) is 37.1 Å². The normalized spacial score (nSPS) is 24.9. The topological polar surface area (TPSA) is 68.5 Å². The Labute approximate surface area is 124 Å². The van der Waals surface area contributed by atoms with Crippen LogP contribution in [-0.4, -0.2) is 41.1 Å². The van der Waals surface area contributed by atoms with E-state index in [9.17, 15) is 4.79 Å². The van der Waals surface area contributed by atoms with E-state index in [0.717, 1.165) is 25.0 Å². The maximum atomic E-state index is 12.4. The lowest BCUT2D eigenvalue weighted by Crippen LogP contribution is -2.51. The van der Waals surface area contributed by atoms with Gasteiger partial charge in [0.2, 0.25) is 5.91 Å². The second kappa shape index (κ2) is 6.41. The molecule has 1 aliphatic carbocycles. The molecule has 1 aromatic heterocycles. The van der Waals surface area contributed by atoms with Gasteiger partial charge < -0.3 is 15.4 Å². The number of nitrogen functional groups attached to an aromatic ring is 1. The van der Waals surface area contributed by atoms with E-state index in [1.807, 2.05) is 11.0 Å². The Morgan fingerprint density at radius 2 is 2.30 bits per heavy atom. The number of carbonyl (C=O) groups excluding carboxylic acids is 1. The van der Waals surface area contributed by atoms with Crippen molar-refractivity contribution in [1.82, 2.24) is 9.88 Å². The lowest BCUT2D eigenvalue weighted by atomic mass is 10.1. The van der Waals surface area contributed by atoms with Crippen LogP contribution in [0.15, 0.2) is 18.3 Å². The van der Waals surface area contributed by atoms with Gasteiger partial charge in [0.1, 0.15) is 0 Å². The number of fused-ring (bicyclic) bond motifs is 1. The number of morpholine rings is 1. The highest BCUT2D eigenvalue weighted by Gasteiger charge is 2.38. The summed E-state index contributed by atoms with van der Waals surface area (Å²) in [4.78, 5) is 18.6. The van der Waals surface area contributed by atoms with Gasteiger partial charge in [0.25, 0.3) is 0 Å². The van der Waals surface area contributed by atoms with Crippen molar-refractivity contribution >= 4 is 24.0 Å². The average Bonchev–Trinajstić information content (AvgIpc) is 2.89. The molecule has 2 N–H and O–H groups in total. The van der Waals surface area contributed by atoms with E-state index in [0.29, 0.717) is 25.3 Å². The third-order valence-corrected chi connectivity index (χ3v) is 3.98. The van der Waals surface area contributed by atoms with Gasteiger partial charge in [0.15, 0.2) is 0 Å². The quantitative estimate of drug-likeness (QED) is 0.896. The van der Waals surface area contributed by atoms with Crippen molar-refractivity contribution in [1.29, 1.82) is 0 Å². The number of hydrogen-bond acceptors (Lipinski definition) is 4. The molecule has 0 bridgehead atoms. The first-order valence-corrected chi connectivity index (χ1v) is 6.85. The summed E-state index contributed by atoms with van der Waals surface area (Å²) in [6.07, 6.45) is 5.49. The van der Waals surface area contributed by atoms with Crippen molar-refractivity contribution in [3.05, 3.63) is 24.0 Å². The second-order valence-electron chi connectivity index (χ2n) is 5.25. The van der Waals surface area contributed by atoms with Gasteiger partial charge in [-0.1, -0.05) is 0 Å². The van der Waals surface area contributed by atoms with Crippen LogP contribution in [-0.2, 0) is 16.0 Å². The zero-order chi connectivity index (χ0) is 13.2. The summed E-state index contributed by atoms with van der Waals surface area (Å²) in [5.74, 6) is 0.150. The van der Waals surface area contributed by atoms with E-state index < -0.39 is 0 Å². The van der Waals surface area contributed by atoms with Crippen LogP contribution in [0.2, 0.25) is 0 Å². The number of nitrogens with two attached hydrogens (primary N) is 1. The van der Waals surface area contributed by atoms with E-state index in [2.05, 4.69) is 4.98 Å². The zero-order valence-corrected chi connectivity index (χ0v) is 12.1. The predicted molar refractivity (Wildman–Crippen MR) is 78.7 cm³/mol. The Morgan fingerprint density at radius 1 is 1.45 bits per heavy atom. The van der Waals surface area contributed by atoms with Crippen molar-refractivity contribution < 1.29 is 9.53 Å². The Hall–Kier alpha value is -1.33. The largest absolute Gasteiger partial charge is 0.397 e. The number of rotatable bonds is 2. The fourth-order valence-corrected chi connectivity index (χ4v) is 3.03. The summed E-state index contributed by atoms with van der Waals surface area (Å²) in [7, 11) is 0. The fourth-order valence-electron chi connectivity index (χ4n) is 3.03. The van der Waals surface area contributed by atoms with Crippen molar-refractivity contribution in [2.45, 2.75) is 37.8 Å². The van der Waals surface area contributed by atoms with E-state index in [4.69, 9.17) is 10.5 Å². The first-order valence-electron chi connectivity index (χ1n) is 6.85. The highest BCUT2D eigenvalue weighted by atomic mass is 35.5. The minimum atomic E-state index is 0. The van der Waals surface area contributed by atoms with Crippen LogP contribution in [0, 0.1) is 0 Å². The molecule has 20 heavy (non-hydrogen) atoms. The first kappa shape index (κ1) is 15.1. The summed E-state index contributed by atoms with van der Waals surface area (Å²) in [6, 6.07) is 3.88. The number of pyridine rings is 1. The summed E-state index contributed by atoms with van der Waals surface area (Å²) in [6.45, 7) is 1.36. The van der Waals surface area contributed by atoms with Crippen molar-refractivity contribution in [3.63, 3.8) is 0 Å². The molecule has 6 heteroatoms. The highest BCUT2D eigenvalue weighted by molar-refractivity contribution is 5.85. The first-order chi connectivity index (χ1) is 9.24. The molecule has 0 radical (unpaired) electrons. The van der Waals surface area contributed by atoms with Crippen LogP contribution < -0.4 is 5.73 Å². The molecule has 110 valence electrons. The van der Waals surface area contributed by atoms with Crippen molar-refractivity contribution in [2.24, 2.45) is 0 Å². The standard InChI is InChI=1S/C14H19N3O2.ClH/c15-10-4-5-11(16-9-10)8-14(18)17-6-7-19-13-3-1-2-12(13)17;/h4-5,9,12-13H,1-3,6-8,15H2;1H. The number of nitrogens with zero attached hydrogens (tertiary/aromatic N) is 2. The maximum absolute atomic E-state index is 12.4. The lowest BCUT2D eigenvalue weighted by Gasteiger charge is -2.37. The molecule has 2 atom stereocenters. The SMILES string of the molecule is Cl.Nc1ccc(CC(=O)N2CCOC3CCCC32)nc1. The molecule has 1 saturated carbocycles.